The maximum absolute atomic E-state index is 13.6. The first-order valence-corrected chi connectivity index (χ1v) is 12.3. The number of hydrogen-bond donors (Lipinski definition) is 1. The molecular formula is C26H36ClNO3. The minimum absolute atomic E-state index is 0.0581. The minimum Gasteiger partial charge on any atom is -0.478 e. The third-order valence-electron chi connectivity index (χ3n) is 8.71. The Kier molecular flexibility index (Phi) is 5.91. The summed E-state index contributed by atoms with van der Waals surface area (Å²) in [6.07, 6.45) is 6.21. The zero-order valence-electron chi connectivity index (χ0n) is 19.5. The molecule has 4 rings (SSSR count). The second-order valence-electron chi connectivity index (χ2n) is 10.9. The molecule has 0 spiro atoms. The fraction of sp³-hybridized carbons (Fsp3) is 0.692. The van der Waals surface area contributed by atoms with Crippen molar-refractivity contribution in [3.63, 3.8) is 0 Å². The van der Waals surface area contributed by atoms with Crippen molar-refractivity contribution in [1.29, 1.82) is 0 Å². The van der Waals surface area contributed by atoms with Crippen LogP contribution in [0, 0.1) is 23.2 Å². The first-order valence-electron chi connectivity index (χ1n) is 11.9. The quantitative estimate of drug-likeness (QED) is 0.604. The fourth-order valence-electron chi connectivity index (χ4n) is 7.45. The Labute approximate surface area is 191 Å². The highest BCUT2D eigenvalue weighted by Crippen LogP contribution is 2.63. The second-order valence-corrected chi connectivity index (χ2v) is 11.3. The number of carboxylic acids is 1. The Morgan fingerprint density at radius 2 is 1.77 bits per heavy atom. The second kappa shape index (κ2) is 8.10. The molecule has 4 nitrogen and oxygen atoms in total. The van der Waals surface area contributed by atoms with Gasteiger partial charge in [0.1, 0.15) is 0 Å². The summed E-state index contributed by atoms with van der Waals surface area (Å²) in [6, 6.07) is 4.17. The highest BCUT2D eigenvalue weighted by atomic mass is 35.5. The molecule has 1 N–H and O–H groups in total. The molecule has 1 aromatic rings. The van der Waals surface area contributed by atoms with E-state index in [1.807, 2.05) is 6.07 Å². The van der Waals surface area contributed by atoms with Gasteiger partial charge < -0.3 is 10.0 Å². The summed E-state index contributed by atoms with van der Waals surface area (Å²) in [5.41, 5.74) is 2.69. The number of aromatic carboxylic acids is 1. The Bertz CT molecular complexity index is 887. The van der Waals surface area contributed by atoms with Crippen LogP contribution in [0.15, 0.2) is 12.1 Å². The van der Waals surface area contributed by atoms with E-state index in [9.17, 15) is 14.7 Å². The average Bonchev–Trinajstić information content (AvgIpc) is 3.03. The molecule has 0 aromatic heterocycles. The summed E-state index contributed by atoms with van der Waals surface area (Å²) < 4.78 is 0. The lowest BCUT2D eigenvalue weighted by molar-refractivity contribution is -0.144. The van der Waals surface area contributed by atoms with Gasteiger partial charge in [0, 0.05) is 18.0 Å². The zero-order chi connectivity index (χ0) is 22.7. The number of hydrogen-bond acceptors (Lipinski definition) is 2. The molecule has 170 valence electrons. The first-order chi connectivity index (χ1) is 14.6. The number of halogens is 1. The van der Waals surface area contributed by atoms with Crippen LogP contribution in [0.4, 0.5) is 0 Å². The predicted molar refractivity (Wildman–Crippen MR) is 124 cm³/mol. The lowest BCUT2D eigenvalue weighted by Crippen LogP contribution is -2.50. The molecule has 5 heteroatoms. The number of carboxylic acid groups (broad SMARTS) is 1. The van der Waals surface area contributed by atoms with Gasteiger partial charge in [-0.15, -0.1) is 0 Å². The molecule has 0 radical (unpaired) electrons. The summed E-state index contributed by atoms with van der Waals surface area (Å²) >= 11 is 6.35. The van der Waals surface area contributed by atoms with E-state index in [1.54, 1.807) is 6.07 Å². The van der Waals surface area contributed by atoms with Gasteiger partial charge in [0.15, 0.2) is 0 Å². The topological polar surface area (TPSA) is 57.6 Å². The van der Waals surface area contributed by atoms with E-state index in [2.05, 4.69) is 39.5 Å². The van der Waals surface area contributed by atoms with E-state index in [4.69, 9.17) is 11.6 Å². The molecule has 0 unspecified atom stereocenters. The van der Waals surface area contributed by atoms with E-state index < -0.39 is 5.97 Å². The van der Waals surface area contributed by atoms with Gasteiger partial charge in [-0.3, -0.25) is 4.79 Å². The van der Waals surface area contributed by atoms with Crippen LogP contribution in [0.25, 0.3) is 0 Å². The summed E-state index contributed by atoms with van der Waals surface area (Å²) in [6.45, 7) is 10.9. The van der Waals surface area contributed by atoms with Crippen LogP contribution in [-0.4, -0.2) is 34.0 Å². The molecule has 2 saturated carbocycles. The summed E-state index contributed by atoms with van der Waals surface area (Å²) in [5.74, 6) is 1.04. The molecule has 31 heavy (non-hydrogen) atoms. The van der Waals surface area contributed by atoms with Gasteiger partial charge >= 0.3 is 5.97 Å². The van der Waals surface area contributed by atoms with Crippen molar-refractivity contribution in [3.05, 3.63) is 33.8 Å². The number of nitrogens with zero attached hydrogens (tertiary/aromatic N) is 1. The van der Waals surface area contributed by atoms with Crippen molar-refractivity contribution in [2.75, 3.05) is 0 Å². The van der Waals surface area contributed by atoms with Crippen LogP contribution in [0.2, 0.25) is 5.02 Å². The number of rotatable bonds is 4. The van der Waals surface area contributed by atoms with Crippen LogP contribution < -0.4 is 0 Å². The first kappa shape index (κ1) is 22.6. The van der Waals surface area contributed by atoms with Gasteiger partial charge in [0.2, 0.25) is 5.91 Å². The van der Waals surface area contributed by atoms with Crippen LogP contribution in [0.5, 0.6) is 0 Å². The van der Waals surface area contributed by atoms with Crippen LogP contribution in [0.1, 0.15) is 94.1 Å². The van der Waals surface area contributed by atoms with Crippen LogP contribution in [-0.2, 0) is 11.2 Å². The summed E-state index contributed by atoms with van der Waals surface area (Å²) in [5, 5.41) is 9.79. The SMILES string of the molecule is CC(C)N(C(=O)[C@H]1CC[C@H]2[C@@H]3CCc4cc(C(=O)O)c(Cl)cc4[C@H]3CC[C@]12C)C(C)C. The Morgan fingerprint density at radius 3 is 2.39 bits per heavy atom. The summed E-state index contributed by atoms with van der Waals surface area (Å²) in [7, 11) is 0. The van der Waals surface area contributed by atoms with Crippen LogP contribution >= 0.6 is 11.6 Å². The molecule has 3 aliphatic carbocycles. The van der Waals surface area contributed by atoms with Crippen molar-refractivity contribution in [3.8, 4) is 0 Å². The van der Waals surface area contributed by atoms with Crippen molar-refractivity contribution >= 4 is 23.5 Å². The molecular weight excluding hydrogens is 410 g/mol. The molecule has 5 atom stereocenters. The van der Waals surface area contributed by atoms with Crippen LogP contribution in [0.3, 0.4) is 0 Å². The molecule has 0 saturated heterocycles. The van der Waals surface area contributed by atoms with Gasteiger partial charge in [0.05, 0.1) is 10.6 Å². The molecule has 1 amide bonds. The Morgan fingerprint density at radius 1 is 1.10 bits per heavy atom. The monoisotopic (exact) mass is 445 g/mol. The molecule has 0 heterocycles. The molecule has 2 fully saturated rings. The van der Waals surface area contributed by atoms with Gasteiger partial charge in [-0.1, -0.05) is 18.5 Å². The standard InChI is InChI=1S/C26H36ClNO3/c1-14(2)28(15(3)4)24(29)22-9-8-21-18-7-6-16-12-20(25(30)31)23(27)13-19(16)17(18)10-11-26(21,22)5/h12-15,17-18,21-22H,6-11H2,1-5H3,(H,30,31)/t17-,18+,21-,22+,26-/m0/s1. The number of fused-ring (bicyclic) bond motifs is 5. The fourth-order valence-corrected chi connectivity index (χ4v) is 7.70. The van der Waals surface area contributed by atoms with Crippen molar-refractivity contribution in [2.24, 2.45) is 23.2 Å². The Balaban J connectivity index is 1.62. The molecule has 0 bridgehead atoms. The van der Waals surface area contributed by atoms with E-state index in [-0.39, 0.29) is 29.0 Å². The largest absolute Gasteiger partial charge is 0.478 e. The van der Waals surface area contributed by atoms with Gasteiger partial charge in [-0.05, 0) is 113 Å². The number of aryl methyl sites for hydroxylation is 1. The molecule has 1 aromatic carbocycles. The molecule has 0 aliphatic heterocycles. The lowest BCUT2D eigenvalue weighted by Gasteiger charge is -2.51. The third-order valence-corrected chi connectivity index (χ3v) is 9.02. The predicted octanol–water partition coefficient (Wildman–Crippen LogP) is 6.16. The van der Waals surface area contributed by atoms with Gasteiger partial charge in [-0.25, -0.2) is 4.79 Å². The Hall–Kier alpha value is -1.55. The van der Waals surface area contributed by atoms with Crippen molar-refractivity contribution in [2.45, 2.75) is 91.1 Å². The normalized spacial score (nSPS) is 31.9. The number of carbonyl (C=O) groups is 2. The lowest BCUT2D eigenvalue weighted by atomic mass is 9.54. The molecule has 3 aliphatic rings. The highest BCUT2D eigenvalue weighted by Gasteiger charge is 2.57. The number of carbonyl (C=O) groups excluding carboxylic acids is 1. The minimum atomic E-state index is -0.955. The van der Waals surface area contributed by atoms with E-state index in [0.717, 1.165) is 44.1 Å². The smallest absolute Gasteiger partial charge is 0.337 e. The van der Waals surface area contributed by atoms with Gasteiger partial charge in [-0.2, -0.15) is 0 Å². The van der Waals surface area contributed by atoms with E-state index in [0.29, 0.717) is 28.7 Å². The average molecular weight is 446 g/mol. The van der Waals surface area contributed by atoms with Gasteiger partial charge in [0.25, 0.3) is 0 Å². The summed E-state index contributed by atoms with van der Waals surface area (Å²) in [4.78, 5) is 27.2. The zero-order valence-corrected chi connectivity index (χ0v) is 20.2. The van der Waals surface area contributed by atoms with E-state index >= 15 is 0 Å². The number of benzene rings is 1. The van der Waals surface area contributed by atoms with E-state index in [1.165, 1.54) is 5.56 Å². The third kappa shape index (κ3) is 3.59. The highest BCUT2D eigenvalue weighted by molar-refractivity contribution is 6.33. The van der Waals surface area contributed by atoms with Crippen molar-refractivity contribution in [1.82, 2.24) is 4.90 Å². The maximum atomic E-state index is 13.6. The maximum Gasteiger partial charge on any atom is 0.337 e. The van der Waals surface area contributed by atoms with Crippen molar-refractivity contribution < 1.29 is 14.7 Å². The number of amides is 1.